The van der Waals surface area contributed by atoms with E-state index < -0.39 is 12.0 Å². The van der Waals surface area contributed by atoms with Crippen molar-refractivity contribution in [2.75, 3.05) is 4.90 Å². The lowest BCUT2D eigenvalue weighted by molar-refractivity contribution is -0.138. The van der Waals surface area contributed by atoms with E-state index >= 15 is 0 Å². The van der Waals surface area contributed by atoms with Gasteiger partial charge in [0.15, 0.2) is 0 Å². The molecule has 0 amide bonds. The highest BCUT2D eigenvalue weighted by Crippen LogP contribution is 2.35. The van der Waals surface area contributed by atoms with Crippen molar-refractivity contribution < 1.29 is 14.6 Å². The first-order valence-corrected chi connectivity index (χ1v) is 9.28. The Bertz CT molecular complexity index is 996. The first kappa shape index (κ1) is 17.4. The van der Waals surface area contributed by atoms with Gasteiger partial charge in [0.05, 0.1) is 6.10 Å². The van der Waals surface area contributed by atoms with Crippen LogP contribution in [0.5, 0.6) is 5.75 Å². The quantitative estimate of drug-likeness (QED) is 0.719. The van der Waals surface area contributed by atoms with E-state index in [4.69, 9.17) is 4.74 Å². The number of ether oxygens (including phenoxy) is 1. The minimum absolute atomic E-state index is 0.128. The molecule has 4 rings (SSSR count). The van der Waals surface area contributed by atoms with Crippen LogP contribution in [0.25, 0.3) is 10.8 Å². The zero-order chi connectivity index (χ0) is 19.0. The van der Waals surface area contributed by atoms with Crippen molar-refractivity contribution in [2.24, 2.45) is 0 Å². The molecule has 3 aromatic carbocycles. The molecular formula is C23H23NO3. The van der Waals surface area contributed by atoms with Gasteiger partial charge in [-0.3, -0.25) is 0 Å². The van der Waals surface area contributed by atoms with E-state index in [-0.39, 0.29) is 6.10 Å². The van der Waals surface area contributed by atoms with Gasteiger partial charge in [0.1, 0.15) is 11.8 Å². The van der Waals surface area contributed by atoms with E-state index in [0.717, 1.165) is 33.3 Å². The number of anilines is 1. The summed E-state index contributed by atoms with van der Waals surface area (Å²) in [6.45, 7) is 4.59. The topological polar surface area (TPSA) is 49.8 Å². The molecule has 0 saturated heterocycles. The van der Waals surface area contributed by atoms with Crippen LogP contribution in [0.15, 0.2) is 60.7 Å². The number of para-hydroxylation sites is 1. The number of nitrogens with zero attached hydrogens (tertiary/aromatic N) is 1. The van der Waals surface area contributed by atoms with Crippen LogP contribution in [-0.4, -0.2) is 23.2 Å². The molecule has 0 saturated carbocycles. The summed E-state index contributed by atoms with van der Waals surface area (Å²) in [5.41, 5.74) is 3.23. The average Bonchev–Trinajstić information content (AvgIpc) is 3.00. The lowest BCUT2D eigenvalue weighted by Crippen LogP contribution is -2.38. The van der Waals surface area contributed by atoms with E-state index in [1.165, 1.54) is 0 Å². The van der Waals surface area contributed by atoms with E-state index in [1.807, 2.05) is 61.2 Å². The third kappa shape index (κ3) is 3.35. The maximum Gasteiger partial charge on any atom is 0.326 e. The molecule has 1 unspecified atom stereocenters. The van der Waals surface area contributed by atoms with Crippen LogP contribution in [0.1, 0.15) is 25.0 Å². The molecule has 1 aliphatic rings. The first-order chi connectivity index (χ1) is 13.0. The SMILES string of the molecule is CC(C)Oc1ccc2c(CN3c4ccccc4CC3C(=O)O)cccc2c1. The fourth-order valence-corrected chi connectivity index (χ4v) is 3.86. The van der Waals surface area contributed by atoms with Gasteiger partial charge in [0, 0.05) is 18.7 Å². The number of rotatable bonds is 5. The van der Waals surface area contributed by atoms with Crippen LogP contribution in [0.4, 0.5) is 5.69 Å². The molecule has 3 aromatic rings. The normalized spacial score (nSPS) is 16.0. The molecule has 0 aromatic heterocycles. The van der Waals surface area contributed by atoms with Crippen molar-refractivity contribution >= 4 is 22.4 Å². The number of carboxylic acids is 1. The second-order valence-electron chi connectivity index (χ2n) is 7.28. The van der Waals surface area contributed by atoms with Crippen LogP contribution in [0.3, 0.4) is 0 Å². The van der Waals surface area contributed by atoms with Crippen LogP contribution in [-0.2, 0) is 17.8 Å². The molecule has 0 fully saturated rings. The van der Waals surface area contributed by atoms with Crippen molar-refractivity contribution in [3.05, 3.63) is 71.8 Å². The standard InChI is InChI=1S/C23H23NO3/c1-15(2)27-19-10-11-20-16(12-19)7-5-8-18(20)14-24-21-9-4-3-6-17(21)13-22(24)23(25)26/h3-12,15,22H,13-14H2,1-2H3,(H,25,26). The molecule has 1 heterocycles. The summed E-state index contributed by atoms with van der Waals surface area (Å²) in [4.78, 5) is 13.8. The van der Waals surface area contributed by atoms with Gasteiger partial charge in [-0.15, -0.1) is 0 Å². The molecule has 1 atom stereocenters. The summed E-state index contributed by atoms with van der Waals surface area (Å²) >= 11 is 0. The summed E-state index contributed by atoms with van der Waals surface area (Å²) in [6, 6.07) is 19.7. The number of fused-ring (bicyclic) bond motifs is 2. The highest BCUT2D eigenvalue weighted by atomic mass is 16.5. The fraction of sp³-hybridized carbons (Fsp3) is 0.261. The molecule has 27 heavy (non-hydrogen) atoms. The third-order valence-electron chi connectivity index (χ3n) is 5.03. The summed E-state index contributed by atoms with van der Waals surface area (Å²) in [6.07, 6.45) is 0.672. The van der Waals surface area contributed by atoms with Gasteiger partial charge in [-0.25, -0.2) is 4.79 Å². The third-order valence-corrected chi connectivity index (χ3v) is 5.03. The molecule has 0 spiro atoms. The van der Waals surface area contributed by atoms with Crippen LogP contribution >= 0.6 is 0 Å². The first-order valence-electron chi connectivity index (χ1n) is 9.28. The molecule has 0 bridgehead atoms. The predicted octanol–water partition coefficient (Wildman–Crippen LogP) is 4.64. The Morgan fingerprint density at radius 3 is 2.74 bits per heavy atom. The maximum atomic E-state index is 11.8. The molecule has 0 aliphatic carbocycles. The zero-order valence-corrected chi connectivity index (χ0v) is 15.6. The van der Waals surface area contributed by atoms with E-state index in [0.29, 0.717) is 13.0 Å². The minimum Gasteiger partial charge on any atom is -0.491 e. The predicted molar refractivity (Wildman–Crippen MR) is 107 cm³/mol. The summed E-state index contributed by atoms with van der Waals surface area (Å²) in [7, 11) is 0. The molecule has 1 aliphatic heterocycles. The summed E-state index contributed by atoms with van der Waals surface area (Å²) < 4.78 is 5.80. The van der Waals surface area contributed by atoms with Crippen molar-refractivity contribution in [2.45, 2.75) is 39.0 Å². The van der Waals surface area contributed by atoms with E-state index in [2.05, 4.69) is 18.2 Å². The van der Waals surface area contributed by atoms with Crippen molar-refractivity contribution in [1.82, 2.24) is 0 Å². The number of hydrogen-bond acceptors (Lipinski definition) is 3. The number of carbonyl (C=O) groups is 1. The number of benzene rings is 3. The largest absolute Gasteiger partial charge is 0.491 e. The second kappa shape index (κ2) is 6.95. The van der Waals surface area contributed by atoms with Crippen LogP contribution in [0, 0.1) is 0 Å². The van der Waals surface area contributed by atoms with E-state index in [9.17, 15) is 9.90 Å². The fourth-order valence-electron chi connectivity index (χ4n) is 3.86. The minimum atomic E-state index is -0.779. The van der Waals surface area contributed by atoms with Gasteiger partial charge in [0.2, 0.25) is 0 Å². The van der Waals surface area contributed by atoms with Gasteiger partial charge in [-0.1, -0.05) is 42.5 Å². The number of aliphatic carboxylic acids is 1. The highest BCUT2D eigenvalue weighted by molar-refractivity contribution is 5.88. The molecule has 138 valence electrons. The molecular weight excluding hydrogens is 338 g/mol. The summed E-state index contributed by atoms with van der Waals surface area (Å²) in [5, 5.41) is 11.9. The van der Waals surface area contributed by atoms with Gasteiger partial charge in [-0.2, -0.15) is 0 Å². The van der Waals surface area contributed by atoms with Gasteiger partial charge in [0.25, 0.3) is 0 Å². The Morgan fingerprint density at radius 2 is 1.96 bits per heavy atom. The van der Waals surface area contributed by atoms with Crippen LogP contribution < -0.4 is 9.64 Å². The molecule has 4 heteroatoms. The average molecular weight is 361 g/mol. The van der Waals surface area contributed by atoms with Gasteiger partial charge in [-0.05, 0) is 53.9 Å². The smallest absolute Gasteiger partial charge is 0.326 e. The Hall–Kier alpha value is -3.01. The zero-order valence-electron chi connectivity index (χ0n) is 15.6. The Morgan fingerprint density at radius 1 is 1.15 bits per heavy atom. The molecule has 0 radical (unpaired) electrons. The number of carboxylic acid groups (broad SMARTS) is 1. The van der Waals surface area contributed by atoms with Crippen LogP contribution in [0.2, 0.25) is 0 Å². The van der Waals surface area contributed by atoms with Crippen molar-refractivity contribution in [3.8, 4) is 5.75 Å². The summed E-state index contributed by atoms with van der Waals surface area (Å²) in [5.74, 6) is 0.0728. The maximum absolute atomic E-state index is 11.8. The molecule has 1 N–H and O–H groups in total. The Kier molecular flexibility index (Phi) is 4.48. The highest BCUT2D eigenvalue weighted by Gasteiger charge is 2.34. The molecule has 4 nitrogen and oxygen atoms in total. The number of hydrogen-bond donors (Lipinski definition) is 1. The van der Waals surface area contributed by atoms with E-state index in [1.54, 1.807) is 0 Å². The Balaban J connectivity index is 1.71. The lowest BCUT2D eigenvalue weighted by Gasteiger charge is -2.25. The van der Waals surface area contributed by atoms with Gasteiger partial charge >= 0.3 is 5.97 Å². The van der Waals surface area contributed by atoms with Crippen molar-refractivity contribution in [1.29, 1.82) is 0 Å². The lowest BCUT2D eigenvalue weighted by atomic mass is 10.0. The Labute approximate surface area is 159 Å². The monoisotopic (exact) mass is 361 g/mol. The van der Waals surface area contributed by atoms with Gasteiger partial charge < -0.3 is 14.7 Å². The second-order valence-corrected chi connectivity index (χ2v) is 7.28. The van der Waals surface area contributed by atoms with Crippen molar-refractivity contribution in [3.63, 3.8) is 0 Å².